The van der Waals surface area contributed by atoms with Crippen LogP contribution in [0.25, 0.3) is 0 Å². The van der Waals surface area contributed by atoms with Crippen molar-refractivity contribution < 1.29 is 13.2 Å². The molecule has 0 spiro atoms. The van der Waals surface area contributed by atoms with Gasteiger partial charge in [0, 0.05) is 13.1 Å². The summed E-state index contributed by atoms with van der Waals surface area (Å²) in [5.74, 6) is 0.657. The molecule has 0 aliphatic carbocycles. The first kappa shape index (κ1) is 11.2. The second-order valence-corrected chi connectivity index (χ2v) is 5.65. The molecule has 6 heteroatoms. The van der Waals surface area contributed by atoms with Crippen LogP contribution in [0.5, 0.6) is 5.75 Å². The lowest BCUT2D eigenvalue weighted by atomic mass is 10.2. The van der Waals surface area contributed by atoms with Crippen LogP contribution in [-0.2, 0) is 9.84 Å². The normalized spacial score (nSPS) is 14.8. The molecule has 0 unspecified atom stereocenters. The summed E-state index contributed by atoms with van der Waals surface area (Å²) in [6, 6.07) is 4.82. The van der Waals surface area contributed by atoms with E-state index in [-0.39, 0.29) is 17.2 Å². The molecule has 0 saturated carbocycles. The number of nitrogens with one attached hydrogen (secondary N) is 1. The molecule has 1 heterocycles. The van der Waals surface area contributed by atoms with Crippen LogP contribution in [0.1, 0.15) is 0 Å². The van der Waals surface area contributed by atoms with E-state index in [1.54, 1.807) is 18.2 Å². The van der Waals surface area contributed by atoms with E-state index in [9.17, 15) is 8.42 Å². The molecular formula is C10H14N2O3S. The number of sulfone groups is 1. The van der Waals surface area contributed by atoms with Gasteiger partial charge in [0.05, 0.1) is 16.3 Å². The van der Waals surface area contributed by atoms with Crippen LogP contribution in [0.2, 0.25) is 0 Å². The van der Waals surface area contributed by atoms with Crippen molar-refractivity contribution in [2.24, 2.45) is 5.73 Å². The van der Waals surface area contributed by atoms with Gasteiger partial charge in [0.25, 0.3) is 0 Å². The van der Waals surface area contributed by atoms with Crippen LogP contribution in [0.3, 0.4) is 0 Å². The highest BCUT2D eigenvalue weighted by atomic mass is 32.2. The third-order valence-corrected chi connectivity index (χ3v) is 4.12. The Kier molecular flexibility index (Phi) is 3.02. The molecule has 0 amide bonds. The molecule has 1 aromatic rings. The Morgan fingerprint density at radius 1 is 1.44 bits per heavy atom. The van der Waals surface area contributed by atoms with Crippen LogP contribution >= 0.6 is 0 Å². The number of nitrogens with two attached hydrogens (primary N) is 1. The summed E-state index contributed by atoms with van der Waals surface area (Å²) >= 11 is 0. The van der Waals surface area contributed by atoms with Gasteiger partial charge >= 0.3 is 0 Å². The van der Waals surface area contributed by atoms with Crippen LogP contribution in [0.15, 0.2) is 23.1 Å². The van der Waals surface area contributed by atoms with Gasteiger partial charge in [-0.25, -0.2) is 8.42 Å². The molecule has 0 radical (unpaired) electrons. The van der Waals surface area contributed by atoms with Gasteiger partial charge in [-0.2, -0.15) is 0 Å². The maximum absolute atomic E-state index is 11.8. The lowest BCUT2D eigenvalue weighted by Crippen LogP contribution is -2.19. The molecule has 1 aliphatic heterocycles. The summed E-state index contributed by atoms with van der Waals surface area (Å²) in [5, 5.41) is 3.10. The summed E-state index contributed by atoms with van der Waals surface area (Å²) in [7, 11) is -3.26. The van der Waals surface area contributed by atoms with E-state index in [4.69, 9.17) is 10.5 Å². The molecule has 0 bridgehead atoms. The predicted octanol–water partition coefficient (Wildman–Crippen LogP) is 0.223. The lowest BCUT2D eigenvalue weighted by molar-refractivity contribution is 0.323. The van der Waals surface area contributed by atoms with Crippen molar-refractivity contribution >= 4 is 15.5 Å². The van der Waals surface area contributed by atoms with Gasteiger partial charge in [0.1, 0.15) is 12.4 Å². The van der Waals surface area contributed by atoms with Crippen molar-refractivity contribution in [1.29, 1.82) is 0 Å². The molecule has 0 aromatic heterocycles. The molecule has 1 aromatic carbocycles. The van der Waals surface area contributed by atoms with Crippen LogP contribution < -0.4 is 15.8 Å². The fourth-order valence-electron chi connectivity index (χ4n) is 1.59. The highest BCUT2D eigenvalue weighted by Crippen LogP contribution is 2.29. The minimum atomic E-state index is -3.26. The van der Waals surface area contributed by atoms with E-state index >= 15 is 0 Å². The Bertz CT molecular complexity index is 485. The largest absolute Gasteiger partial charge is 0.490 e. The van der Waals surface area contributed by atoms with E-state index in [0.717, 1.165) is 5.69 Å². The van der Waals surface area contributed by atoms with E-state index in [2.05, 4.69) is 5.32 Å². The number of benzene rings is 1. The van der Waals surface area contributed by atoms with Crippen molar-refractivity contribution in [2.75, 3.05) is 30.8 Å². The Labute approximate surface area is 94.5 Å². The van der Waals surface area contributed by atoms with E-state index in [1.165, 1.54) is 0 Å². The summed E-state index contributed by atoms with van der Waals surface area (Å²) < 4.78 is 28.9. The summed E-state index contributed by atoms with van der Waals surface area (Å²) in [5.41, 5.74) is 6.00. The maximum atomic E-state index is 11.8. The quantitative estimate of drug-likeness (QED) is 0.792. The molecule has 2 rings (SSSR count). The van der Waals surface area contributed by atoms with Gasteiger partial charge in [-0.05, 0) is 18.2 Å². The maximum Gasteiger partial charge on any atom is 0.179 e. The zero-order valence-corrected chi connectivity index (χ0v) is 9.59. The summed E-state index contributed by atoms with van der Waals surface area (Å²) in [6.07, 6.45) is 0. The van der Waals surface area contributed by atoms with Gasteiger partial charge in [-0.15, -0.1) is 0 Å². The SMILES string of the molecule is NCCS(=O)(=O)c1ccc2c(c1)NCCO2. The Morgan fingerprint density at radius 2 is 2.25 bits per heavy atom. The van der Waals surface area contributed by atoms with E-state index in [1.807, 2.05) is 0 Å². The number of anilines is 1. The van der Waals surface area contributed by atoms with Gasteiger partial charge in [-0.3, -0.25) is 0 Å². The molecule has 16 heavy (non-hydrogen) atoms. The molecule has 1 aliphatic rings. The highest BCUT2D eigenvalue weighted by molar-refractivity contribution is 7.91. The average molecular weight is 242 g/mol. The highest BCUT2D eigenvalue weighted by Gasteiger charge is 2.17. The van der Waals surface area contributed by atoms with Crippen LogP contribution in [0, 0.1) is 0 Å². The number of fused-ring (bicyclic) bond motifs is 1. The Hall–Kier alpha value is -1.27. The topological polar surface area (TPSA) is 81.4 Å². The smallest absolute Gasteiger partial charge is 0.179 e. The molecule has 0 fully saturated rings. The van der Waals surface area contributed by atoms with Crippen molar-refractivity contribution in [3.05, 3.63) is 18.2 Å². The molecule has 3 N–H and O–H groups in total. The average Bonchev–Trinajstić information content (AvgIpc) is 2.28. The fourth-order valence-corrected chi connectivity index (χ4v) is 2.71. The Morgan fingerprint density at radius 3 is 3.00 bits per heavy atom. The number of rotatable bonds is 3. The minimum Gasteiger partial charge on any atom is -0.490 e. The zero-order chi connectivity index (χ0) is 11.6. The second-order valence-electron chi connectivity index (χ2n) is 3.54. The first-order valence-corrected chi connectivity index (χ1v) is 6.72. The van der Waals surface area contributed by atoms with E-state index in [0.29, 0.717) is 18.9 Å². The summed E-state index contributed by atoms with van der Waals surface area (Å²) in [6.45, 7) is 1.42. The second kappa shape index (κ2) is 4.31. The molecule has 88 valence electrons. The molecular weight excluding hydrogens is 228 g/mol. The molecule has 5 nitrogen and oxygen atoms in total. The summed E-state index contributed by atoms with van der Waals surface area (Å²) in [4.78, 5) is 0.287. The van der Waals surface area contributed by atoms with Crippen molar-refractivity contribution in [3.63, 3.8) is 0 Å². The lowest BCUT2D eigenvalue weighted by Gasteiger charge is -2.19. The monoisotopic (exact) mass is 242 g/mol. The third kappa shape index (κ3) is 2.12. The van der Waals surface area contributed by atoms with E-state index < -0.39 is 9.84 Å². The third-order valence-electron chi connectivity index (χ3n) is 2.37. The standard InChI is InChI=1S/C10H14N2O3S/c11-3-6-16(13,14)8-1-2-10-9(7-8)12-4-5-15-10/h1-2,7,12H,3-6,11H2. The first-order valence-electron chi connectivity index (χ1n) is 5.07. The van der Waals surface area contributed by atoms with Crippen LogP contribution in [0.4, 0.5) is 5.69 Å². The Balaban J connectivity index is 2.37. The first-order chi connectivity index (χ1) is 7.63. The zero-order valence-electron chi connectivity index (χ0n) is 8.77. The number of hydrogen-bond donors (Lipinski definition) is 2. The van der Waals surface area contributed by atoms with Gasteiger partial charge < -0.3 is 15.8 Å². The molecule has 0 saturated heterocycles. The fraction of sp³-hybridized carbons (Fsp3) is 0.400. The van der Waals surface area contributed by atoms with Crippen molar-refractivity contribution in [1.82, 2.24) is 0 Å². The van der Waals surface area contributed by atoms with Gasteiger partial charge in [0.15, 0.2) is 9.84 Å². The number of ether oxygens (including phenoxy) is 1. The minimum absolute atomic E-state index is 0.0351. The van der Waals surface area contributed by atoms with Gasteiger partial charge in [-0.1, -0.05) is 0 Å². The van der Waals surface area contributed by atoms with Gasteiger partial charge in [0.2, 0.25) is 0 Å². The molecule has 0 atom stereocenters. The van der Waals surface area contributed by atoms with Crippen molar-refractivity contribution in [2.45, 2.75) is 4.90 Å². The van der Waals surface area contributed by atoms with Crippen molar-refractivity contribution in [3.8, 4) is 5.75 Å². The van der Waals surface area contributed by atoms with Crippen LogP contribution in [-0.4, -0.2) is 33.9 Å². The predicted molar refractivity (Wildman–Crippen MR) is 61.5 cm³/mol. The number of hydrogen-bond acceptors (Lipinski definition) is 5.